The Balaban J connectivity index is 1.96. The van der Waals surface area contributed by atoms with Crippen molar-refractivity contribution in [3.8, 4) is 5.75 Å². The topological polar surface area (TPSA) is 99.8 Å². The molecule has 1 aliphatic heterocycles. The van der Waals surface area contributed by atoms with Gasteiger partial charge in [0.15, 0.2) is 5.78 Å². The molecule has 0 radical (unpaired) electrons. The van der Waals surface area contributed by atoms with E-state index in [2.05, 4.69) is 0 Å². The number of hydrogen-bond acceptors (Lipinski definition) is 4. The van der Waals surface area contributed by atoms with Crippen LogP contribution in [0.25, 0.3) is 10.9 Å². The van der Waals surface area contributed by atoms with Crippen LogP contribution in [0.4, 0.5) is 4.39 Å². The van der Waals surface area contributed by atoms with Crippen LogP contribution in [0.3, 0.4) is 0 Å². The van der Waals surface area contributed by atoms with Gasteiger partial charge in [0.1, 0.15) is 24.0 Å². The van der Waals surface area contributed by atoms with Crippen LogP contribution in [0.5, 0.6) is 5.75 Å². The molecule has 2 atom stereocenters. The number of aromatic nitrogens is 1. The highest BCUT2D eigenvalue weighted by Gasteiger charge is 2.46. The highest BCUT2D eigenvalue weighted by Crippen LogP contribution is 2.31. The maximum absolute atomic E-state index is 14.2. The van der Waals surface area contributed by atoms with Gasteiger partial charge >= 0.3 is 5.97 Å². The first kappa shape index (κ1) is 17.9. The normalized spacial score (nSPS) is 22.7. The van der Waals surface area contributed by atoms with Crippen LogP contribution in [-0.2, 0) is 16.1 Å². The first-order valence-corrected chi connectivity index (χ1v) is 8.13. The number of rotatable bonds is 4. The maximum atomic E-state index is 14.2. The molecular weight excluding hydrogens is 343 g/mol. The SMILES string of the molecule is CC(=O)c1cn(CC(=O)N2C[C@](C)(F)C[C@H]2C(=O)O)c2cc(O)ccc12. The van der Waals surface area contributed by atoms with Gasteiger partial charge in [-0.3, -0.25) is 9.59 Å². The van der Waals surface area contributed by atoms with Gasteiger partial charge in [0.05, 0.1) is 12.1 Å². The largest absolute Gasteiger partial charge is 0.508 e. The summed E-state index contributed by atoms with van der Waals surface area (Å²) in [4.78, 5) is 36.9. The van der Waals surface area contributed by atoms with E-state index in [-0.39, 0.29) is 31.0 Å². The number of Topliss-reactive ketones (excluding diaryl/α,β-unsaturated/α-hetero) is 1. The predicted octanol–water partition coefficient (Wildman–Crippen LogP) is 1.96. The summed E-state index contributed by atoms with van der Waals surface area (Å²) in [6, 6.07) is 3.22. The summed E-state index contributed by atoms with van der Waals surface area (Å²) >= 11 is 0. The molecule has 1 saturated heterocycles. The molecular formula is C18H19FN2O5. The van der Waals surface area contributed by atoms with E-state index in [1.807, 2.05) is 0 Å². The number of nitrogens with zero attached hydrogens (tertiary/aromatic N) is 2. The lowest BCUT2D eigenvalue weighted by molar-refractivity contribution is -0.148. The molecule has 0 aliphatic carbocycles. The number of amides is 1. The van der Waals surface area contributed by atoms with Crippen LogP contribution in [0.15, 0.2) is 24.4 Å². The molecule has 1 fully saturated rings. The van der Waals surface area contributed by atoms with E-state index >= 15 is 0 Å². The highest BCUT2D eigenvalue weighted by molar-refractivity contribution is 6.07. The molecule has 1 aromatic carbocycles. The van der Waals surface area contributed by atoms with Gasteiger partial charge in [-0.15, -0.1) is 0 Å². The molecule has 138 valence electrons. The van der Waals surface area contributed by atoms with E-state index < -0.39 is 23.6 Å². The van der Waals surface area contributed by atoms with Crippen LogP contribution in [-0.4, -0.2) is 55.6 Å². The van der Waals surface area contributed by atoms with E-state index in [9.17, 15) is 29.0 Å². The Morgan fingerprint density at radius 3 is 2.65 bits per heavy atom. The fourth-order valence-corrected chi connectivity index (χ4v) is 3.45. The van der Waals surface area contributed by atoms with Crippen molar-refractivity contribution >= 4 is 28.6 Å². The zero-order valence-corrected chi connectivity index (χ0v) is 14.4. The Hall–Kier alpha value is -2.90. The van der Waals surface area contributed by atoms with Gasteiger partial charge in [0.2, 0.25) is 5.91 Å². The number of carboxylic acid groups (broad SMARTS) is 1. The summed E-state index contributed by atoms with van der Waals surface area (Å²) in [5.41, 5.74) is -0.905. The van der Waals surface area contributed by atoms with E-state index in [0.717, 1.165) is 4.90 Å². The smallest absolute Gasteiger partial charge is 0.326 e. The average Bonchev–Trinajstić information content (AvgIpc) is 3.05. The molecule has 0 saturated carbocycles. The van der Waals surface area contributed by atoms with E-state index in [1.165, 1.54) is 36.7 Å². The van der Waals surface area contributed by atoms with Gasteiger partial charge in [-0.2, -0.15) is 0 Å². The molecule has 2 heterocycles. The fourth-order valence-electron chi connectivity index (χ4n) is 3.45. The number of phenols is 1. The van der Waals surface area contributed by atoms with Crippen molar-refractivity contribution in [1.29, 1.82) is 0 Å². The molecule has 26 heavy (non-hydrogen) atoms. The van der Waals surface area contributed by atoms with E-state index in [0.29, 0.717) is 16.5 Å². The van der Waals surface area contributed by atoms with Crippen molar-refractivity contribution in [2.45, 2.75) is 38.5 Å². The van der Waals surface area contributed by atoms with Crippen molar-refractivity contribution in [2.75, 3.05) is 6.54 Å². The van der Waals surface area contributed by atoms with Gasteiger partial charge in [0.25, 0.3) is 0 Å². The van der Waals surface area contributed by atoms with Gasteiger partial charge in [-0.1, -0.05) is 0 Å². The first-order valence-electron chi connectivity index (χ1n) is 8.13. The van der Waals surface area contributed by atoms with E-state index in [1.54, 1.807) is 6.07 Å². The lowest BCUT2D eigenvalue weighted by atomic mass is 10.1. The molecule has 3 rings (SSSR count). The fraction of sp³-hybridized carbons (Fsp3) is 0.389. The molecule has 0 bridgehead atoms. The van der Waals surface area contributed by atoms with Crippen molar-refractivity contribution in [3.63, 3.8) is 0 Å². The Bertz CT molecular complexity index is 918. The second kappa shape index (κ2) is 6.12. The number of hydrogen-bond donors (Lipinski definition) is 2. The monoisotopic (exact) mass is 362 g/mol. The lowest BCUT2D eigenvalue weighted by Gasteiger charge is -2.22. The number of fused-ring (bicyclic) bond motifs is 1. The highest BCUT2D eigenvalue weighted by atomic mass is 19.1. The zero-order chi connectivity index (χ0) is 19.2. The first-order chi connectivity index (χ1) is 12.1. The number of aromatic hydroxyl groups is 1. The molecule has 2 aromatic rings. The van der Waals surface area contributed by atoms with Gasteiger partial charge < -0.3 is 19.7 Å². The predicted molar refractivity (Wildman–Crippen MR) is 90.9 cm³/mol. The second-order valence-electron chi connectivity index (χ2n) is 6.92. The van der Waals surface area contributed by atoms with Crippen LogP contribution >= 0.6 is 0 Å². The molecule has 0 unspecified atom stereocenters. The Morgan fingerprint density at radius 1 is 1.35 bits per heavy atom. The van der Waals surface area contributed by atoms with Crippen molar-refractivity contribution in [2.24, 2.45) is 0 Å². The van der Waals surface area contributed by atoms with Gasteiger partial charge in [-0.25, -0.2) is 9.18 Å². The number of ketones is 1. The summed E-state index contributed by atoms with van der Waals surface area (Å²) in [5.74, 6) is -2.04. The van der Waals surface area contributed by atoms with Crippen molar-refractivity contribution in [1.82, 2.24) is 9.47 Å². The third kappa shape index (κ3) is 3.14. The third-order valence-corrected chi connectivity index (χ3v) is 4.65. The van der Waals surface area contributed by atoms with Crippen LogP contribution in [0, 0.1) is 0 Å². The Morgan fingerprint density at radius 2 is 2.04 bits per heavy atom. The zero-order valence-electron chi connectivity index (χ0n) is 14.4. The standard InChI is InChI=1S/C18H19FN2O5/c1-10(22)13-7-20(14-5-11(23)3-4-12(13)14)8-16(24)21-9-18(2,19)6-15(21)17(25)26/h3-5,7,15,23H,6,8-9H2,1-2H3,(H,25,26)/t15-,18+/m0/s1. The second-order valence-corrected chi connectivity index (χ2v) is 6.92. The van der Waals surface area contributed by atoms with Crippen LogP contribution in [0.2, 0.25) is 0 Å². The minimum absolute atomic E-state index is 0.0275. The molecule has 7 nitrogen and oxygen atoms in total. The van der Waals surface area contributed by atoms with Crippen LogP contribution in [0.1, 0.15) is 30.6 Å². The summed E-state index contributed by atoms with van der Waals surface area (Å²) in [5, 5.41) is 19.6. The van der Waals surface area contributed by atoms with Crippen molar-refractivity contribution < 1.29 is 29.0 Å². The molecule has 1 amide bonds. The quantitative estimate of drug-likeness (QED) is 0.810. The number of carbonyl (C=O) groups is 3. The lowest BCUT2D eigenvalue weighted by Crippen LogP contribution is -2.42. The summed E-state index contributed by atoms with van der Waals surface area (Å²) in [6.07, 6.45) is 1.23. The minimum atomic E-state index is -1.76. The van der Waals surface area contributed by atoms with E-state index in [4.69, 9.17) is 0 Å². The molecule has 0 spiro atoms. The van der Waals surface area contributed by atoms with Gasteiger partial charge in [0, 0.05) is 29.6 Å². The summed E-state index contributed by atoms with van der Waals surface area (Å²) < 4.78 is 15.7. The number of aliphatic carboxylic acids is 1. The number of likely N-dealkylation sites (tertiary alicyclic amines) is 1. The van der Waals surface area contributed by atoms with Crippen LogP contribution < -0.4 is 0 Å². The van der Waals surface area contributed by atoms with Crippen molar-refractivity contribution in [3.05, 3.63) is 30.0 Å². The van der Waals surface area contributed by atoms with Gasteiger partial charge in [-0.05, 0) is 26.0 Å². The molecule has 1 aromatic heterocycles. The number of phenolic OH excluding ortho intramolecular Hbond substituents is 1. The Kier molecular flexibility index (Phi) is 4.21. The maximum Gasteiger partial charge on any atom is 0.326 e. The third-order valence-electron chi connectivity index (χ3n) is 4.65. The Labute approximate surface area is 148 Å². The number of carbonyl (C=O) groups excluding carboxylic acids is 2. The average molecular weight is 362 g/mol. The minimum Gasteiger partial charge on any atom is -0.508 e. The molecule has 2 N–H and O–H groups in total. The number of halogens is 1. The number of benzene rings is 1. The summed E-state index contributed by atoms with van der Waals surface area (Å²) in [6.45, 7) is 2.11. The molecule has 1 aliphatic rings. The summed E-state index contributed by atoms with van der Waals surface area (Å²) in [7, 11) is 0. The number of carboxylic acids is 1. The molecule has 8 heteroatoms. The number of alkyl halides is 1.